The van der Waals surface area contributed by atoms with Gasteiger partial charge in [-0.1, -0.05) is 30.3 Å². The summed E-state index contributed by atoms with van der Waals surface area (Å²) in [5, 5.41) is 14.2. The lowest BCUT2D eigenvalue weighted by Crippen LogP contribution is -1.96. The molecule has 1 aromatic heterocycles. The highest BCUT2D eigenvalue weighted by Crippen LogP contribution is 2.28. The number of phenols is 1. The Morgan fingerprint density at radius 1 is 0.952 bits per heavy atom. The largest absolute Gasteiger partial charge is 0.506 e. The fraction of sp³-hybridized carbons (Fsp3) is 0.118. The number of aromatic hydroxyl groups is 1. The number of rotatable bonds is 2. The first kappa shape index (κ1) is 15.1. The van der Waals surface area contributed by atoms with Crippen LogP contribution < -0.4 is 5.32 Å². The average molecular weight is 301 g/mol. The minimum absolute atomic E-state index is 0. The van der Waals surface area contributed by atoms with Gasteiger partial charge in [0.15, 0.2) is 0 Å². The van der Waals surface area contributed by atoms with Crippen molar-refractivity contribution in [3.8, 4) is 5.75 Å². The molecule has 0 aliphatic heterocycles. The molecule has 3 nitrogen and oxygen atoms in total. The van der Waals surface area contributed by atoms with Gasteiger partial charge in [-0.25, -0.2) is 4.98 Å². The second-order valence-electron chi connectivity index (χ2n) is 4.94. The van der Waals surface area contributed by atoms with E-state index < -0.39 is 0 Å². The molecule has 0 aliphatic rings. The number of pyridine rings is 1. The summed E-state index contributed by atoms with van der Waals surface area (Å²) in [5.74, 6) is 0.961. The van der Waals surface area contributed by atoms with Crippen LogP contribution in [0.2, 0.25) is 0 Å². The molecule has 0 fully saturated rings. The van der Waals surface area contributed by atoms with Crippen molar-refractivity contribution in [1.29, 1.82) is 0 Å². The summed E-state index contributed by atoms with van der Waals surface area (Å²) in [6.07, 6.45) is 0. The van der Waals surface area contributed by atoms with Crippen molar-refractivity contribution in [1.82, 2.24) is 4.98 Å². The molecule has 4 heteroatoms. The molecule has 0 aliphatic carbocycles. The van der Waals surface area contributed by atoms with Gasteiger partial charge in [-0.2, -0.15) is 0 Å². The minimum Gasteiger partial charge on any atom is -0.506 e. The van der Waals surface area contributed by atoms with Gasteiger partial charge in [-0.05, 0) is 43.2 Å². The molecule has 108 valence electrons. The Balaban J connectivity index is 0.00000161. The second kappa shape index (κ2) is 6.02. The number of anilines is 2. The van der Waals surface area contributed by atoms with Crippen molar-refractivity contribution in [2.75, 3.05) is 5.32 Å². The van der Waals surface area contributed by atoms with Crippen molar-refractivity contribution in [3.63, 3.8) is 0 Å². The van der Waals surface area contributed by atoms with E-state index in [1.165, 1.54) is 0 Å². The quantitative estimate of drug-likeness (QED) is 0.673. The predicted molar refractivity (Wildman–Crippen MR) is 89.9 cm³/mol. The highest BCUT2D eigenvalue weighted by atomic mass is 35.5. The Morgan fingerprint density at radius 2 is 1.71 bits per heavy atom. The standard InChI is InChI=1S/C17H16N2O.ClH/c1-11-6-5-7-13-12(2)10-16(19-17(11)13)18-14-8-3-4-9-15(14)20;/h3-10,20H,1-2H3,(H,18,19);1H. The Bertz CT molecular complexity index is 787. The number of nitrogens with zero attached hydrogens (tertiary/aromatic N) is 1. The van der Waals surface area contributed by atoms with E-state index in [2.05, 4.69) is 36.3 Å². The molecule has 0 bridgehead atoms. The monoisotopic (exact) mass is 300 g/mol. The van der Waals surface area contributed by atoms with Crippen LogP contribution in [0.15, 0.2) is 48.5 Å². The number of nitrogens with one attached hydrogen (secondary N) is 1. The second-order valence-corrected chi connectivity index (χ2v) is 4.94. The normalized spacial score (nSPS) is 10.2. The molecule has 0 unspecified atom stereocenters. The van der Waals surface area contributed by atoms with Crippen molar-refractivity contribution in [2.24, 2.45) is 0 Å². The van der Waals surface area contributed by atoms with Crippen molar-refractivity contribution < 1.29 is 5.11 Å². The molecule has 3 aromatic rings. The number of hydrogen-bond acceptors (Lipinski definition) is 3. The molecule has 0 radical (unpaired) electrons. The highest BCUT2D eigenvalue weighted by Gasteiger charge is 2.06. The fourth-order valence-electron chi connectivity index (χ4n) is 2.34. The van der Waals surface area contributed by atoms with Crippen molar-refractivity contribution >= 4 is 34.8 Å². The third-order valence-corrected chi connectivity index (χ3v) is 3.41. The molecule has 1 heterocycles. The van der Waals surface area contributed by atoms with Gasteiger partial charge in [0.1, 0.15) is 11.6 Å². The molecule has 0 atom stereocenters. The topological polar surface area (TPSA) is 45.1 Å². The number of benzene rings is 2. The van der Waals surface area contributed by atoms with Gasteiger partial charge in [-0.15, -0.1) is 12.4 Å². The maximum Gasteiger partial charge on any atom is 0.139 e. The van der Waals surface area contributed by atoms with Gasteiger partial charge in [0, 0.05) is 5.39 Å². The number of halogens is 1. The maximum absolute atomic E-state index is 9.82. The van der Waals surface area contributed by atoms with E-state index >= 15 is 0 Å². The number of aryl methyl sites for hydroxylation is 2. The van der Waals surface area contributed by atoms with Gasteiger partial charge < -0.3 is 10.4 Å². The molecule has 0 amide bonds. The van der Waals surface area contributed by atoms with Gasteiger partial charge in [-0.3, -0.25) is 0 Å². The Kier molecular flexibility index (Phi) is 4.34. The number of para-hydroxylation sites is 3. The smallest absolute Gasteiger partial charge is 0.139 e. The van der Waals surface area contributed by atoms with Crippen LogP contribution in [-0.2, 0) is 0 Å². The van der Waals surface area contributed by atoms with E-state index in [0.717, 1.165) is 27.8 Å². The van der Waals surface area contributed by atoms with Crippen LogP contribution in [0.4, 0.5) is 11.5 Å². The van der Waals surface area contributed by atoms with E-state index in [-0.39, 0.29) is 18.2 Å². The summed E-state index contributed by atoms with van der Waals surface area (Å²) in [6, 6.07) is 15.3. The van der Waals surface area contributed by atoms with Crippen LogP contribution >= 0.6 is 12.4 Å². The van der Waals surface area contributed by atoms with Gasteiger partial charge in [0.25, 0.3) is 0 Å². The van der Waals surface area contributed by atoms with Crippen LogP contribution in [0.25, 0.3) is 10.9 Å². The van der Waals surface area contributed by atoms with Gasteiger partial charge in [0.05, 0.1) is 11.2 Å². The van der Waals surface area contributed by atoms with Crippen LogP contribution in [0.5, 0.6) is 5.75 Å². The number of aromatic nitrogens is 1. The molecule has 3 rings (SSSR count). The van der Waals surface area contributed by atoms with Crippen LogP contribution in [0.3, 0.4) is 0 Å². The Hall–Kier alpha value is -2.26. The molecular formula is C17H17ClN2O. The highest BCUT2D eigenvalue weighted by molar-refractivity contribution is 5.87. The van der Waals surface area contributed by atoms with Crippen LogP contribution in [-0.4, -0.2) is 10.1 Å². The molecule has 2 aromatic carbocycles. The Labute approximate surface area is 130 Å². The minimum atomic E-state index is 0. The van der Waals surface area contributed by atoms with Crippen molar-refractivity contribution in [3.05, 3.63) is 59.7 Å². The van der Waals surface area contributed by atoms with Crippen molar-refractivity contribution in [2.45, 2.75) is 13.8 Å². The summed E-state index contributed by atoms with van der Waals surface area (Å²) in [5.41, 5.74) is 3.96. The number of phenolic OH excluding ortho intramolecular Hbond substituents is 1. The van der Waals surface area contributed by atoms with E-state index in [4.69, 9.17) is 0 Å². The van der Waals surface area contributed by atoms with Gasteiger partial charge >= 0.3 is 0 Å². The zero-order chi connectivity index (χ0) is 14.1. The molecule has 0 saturated heterocycles. The van der Waals surface area contributed by atoms with Gasteiger partial charge in [0.2, 0.25) is 0 Å². The zero-order valence-corrected chi connectivity index (χ0v) is 12.7. The first-order valence-corrected chi connectivity index (χ1v) is 6.57. The third kappa shape index (κ3) is 2.93. The predicted octanol–water partition coefficient (Wildman–Crippen LogP) is 4.72. The maximum atomic E-state index is 9.82. The number of hydrogen-bond donors (Lipinski definition) is 2. The summed E-state index contributed by atoms with van der Waals surface area (Å²) in [4.78, 5) is 4.65. The SMILES string of the molecule is Cc1cc(Nc2ccccc2O)nc2c(C)cccc12.Cl. The first-order chi connectivity index (χ1) is 9.65. The molecular weight excluding hydrogens is 284 g/mol. The van der Waals surface area contributed by atoms with Crippen LogP contribution in [0, 0.1) is 13.8 Å². The summed E-state index contributed by atoms with van der Waals surface area (Å²) in [7, 11) is 0. The molecule has 0 spiro atoms. The third-order valence-electron chi connectivity index (χ3n) is 3.41. The average Bonchev–Trinajstić information content (AvgIpc) is 2.43. The lowest BCUT2D eigenvalue weighted by Gasteiger charge is -2.11. The Morgan fingerprint density at radius 3 is 2.48 bits per heavy atom. The van der Waals surface area contributed by atoms with E-state index in [1.807, 2.05) is 24.3 Å². The molecule has 0 saturated carbocycles. The van der Waals surface area contributed by atoms with E-state index in [9.17, 15) is 5.11 Å². The molecule has 21 heavy (non-hydrogen) atoms. The number of fused-ring (bicyclic) bond motifs is 1. The molecule has 2 N–H and O–H groups in total. The summed E-state index contributed by atoms with van der Waals surface area (Å²) >= 11 is 0. The summed E-state index contributed by atoms with van der Waals surface area (Å²) in [6.45, 7) is 4.12. The van der Waals surface area contributed by atoms with E-state index in [1.54, 1.807) is 12.1 Å². The van der Waals surface area contributed by atoms with E-state index in [0.29, 0.717) is 5.69 Å². The zero-order valence-electron chi connectivity index (χ0n) is 11.9. The fourth-order valence-corrected chi connectivity index (χ4v) is 2.34. The summed E-state index contributed by atoms with van der Waals surface area (Å²) < 4.78 is 0. The van der Waals surface area contributed by atoms with Crippen LogP contribution in [0.1, 0.15) is 11.1 Å². The first-order valence-electron chi connectivity index (χ1n) is 6.57. The lowest BCUT2D eigenvalue weighted by molar-refractivity contribution is 0.477. The lowest BCUT2D eigenvalue weighted by atomic mass is 10.1.